The summed E-state index contributed by atoms with van der Waals surface area (Å²) >= 11 is 1.04. The SMILES string of the molecule is CCC(Sc1n[nH]c(NC(C)=O)n1)C(=O)O. The zero-order valence-electron chi connectivity index (χ0n) is 8.85. The largest absolute Gasteiger partial charge is 0.480 e. The molecular formula is C8H12N4O3S. The number of amides is 1. The van der Waals surface area contributed by atoms with Gasteiger partial charge in [-0.05, 0) is 6.42 Å². The molecule has 0 aromatic carbocycles. The number of hydrogen-bond donors (Lipinski definition) is 3. The molecule has 0 saturated heterocycles. The molecular weight excluding hydrogens is 232 g/mol. The molecule has 1 atom stereocenters. The molecule has 1 aromatic rings. The van der Waals surface area contributed by atoms with Crippen LogP contribution < -0.4 is 5.32 Å². The van der Waals surface area contributed by atoms with Gasteiger partial charge in [0.2, 0.25) is 17.0 Å². The second kappa shape index (κ2) is 5.50. The number of rotatable bonds is 5. The number of nitrogens with zero attached hydrogens (tertiary/aromatic N) is 2. The van der Waals surface area contributed by atoms with E-state index in [4.69, 9.17) is 5.11 Å². The lowest BCUT2D eigenvalue weighted by atomic mass is 10.3. The predicted molar refractivity (Wildman–Crippen MR) is 58.3 cm³/mol. The molecule has 0 spiro atoms. The summed E-state index contributed by atoms with van der Waals surface area (Å²) in [5.41, 5.74) is 0. The van der Waals surface area contributed by atoms with E-state index in [2.05, 4.69) is 20.5 Å². The Bertz CT molecular complexity index is 392. The van der Waals surface area contributed by atoms with Gasteiger partial charge in [0.1, 0.15) is 5.25 Å². The molecule has 0 aliphatic rings. The van der Waals surface area contributed by atoms with Crippen LogP contribution in [0.5, 0.6) is 0 Å². The lowest BCUT2D eigenvalue weighted by Gasteiger charge is -2.04. The highest BCUT2D eigenvalue weighted by atomic mass is 32.2. The van der Waals surface area contributed by atoms with Crippen LogP contribution in [0.15, 0.2) is 5.16 Å². The van der Waals surface area contributed by atoms with Crippen LogP contribution in [0.3, 0.4) is 0 Å². The third kappa shape index (κ3) is 3.54. The summed E-state index contributed by atoms with van der Waals surface area (Å²) in [5, 5.41) is 17.3. The first kappa shape index (κ1) is 12.5. The van der Waals surface area contributed by atoms with E-state index in [1.807, 2.05) is 0 Å². The average Bonchev–Trinajstić information content (AvgIpc) is 2.60. The molecule has 8 heteroatoms. The third-order valence-corrected chi connectivity index (χ3v) is 2.87. The van der Waals surface area contributed by atoms with E-state index in [0.29, 0.717) is 11.6 Å². The first-order valence-corrected chi connectivity index (χ1v) is 5.50. The van der Waals surface area contributed by atoms with Crippen molar-refractivity contribution in [2.24, 2.45) is 0 Å². The summed E-state index contributed by atoms with van der Waals surface area (Å²) < 4.78 is 0. The van der Waals surface area contributed by atoms with Gasteiger partial charge in [-0.15, -0.1) is 5.10 Å². The number of carboxylic acid groups (broad SMARTS) is 1. The Labute approximate surface area is 96.0 Å². The van der Waals surface area contributed by atoms with E-state index < -0.39 is 11.2 Å². The quantitative estimate of drug-likeness (QED) is 0.658. The number of carbonyl (C=O) groups is 2. The Balaban J connectivity index is 2.64. The van der Waals surface area contributed by atoms with Gasteiger partial charge < -0.3 is 5.11 Å². The molecule has 0 saturated carbocycles. The molecule has 0 fully saturated rings. The fourth-order valence-corrected chi connectivity index (χ4v) is 1.72. The van der Waals surface area contributed by atoms with Crippen molar-refractivity contribution in [1.82, 2.24) is 15.2 Å². The maximum atomic E-state index is 10.8. The van der Waals surface area contributed by atoms with Crippen molar-refractivity contribution in [1.29, 1.82) is 0 Å². The summed E-state index contributed by atoms with van der Waals surface area (Å²) in [4.78, 5) is 25.4. The van der Waals surface area contributed by atoms with Gasteiger partial charge in [0.15, 0.2) is 0 Å². The molecule has 7 nitrogen and oxygen atoms in total. The van der Waals surface area contributed by atoms with E-state index in [1.165, 1.54) is 6.92 Å². The van der Waals surface area contributed by atoms with Crippen LogP contribution >= 0.6 is 11.8 Å². The number of aliphatic carboxylic acids is 1. The zero-order valence-corrected chi connectivity index (χ0v) is 9.67. The molecule has 0 bridgehead atoms. The van der Waals surface area contributed by atoms with Crippen molar-refractivity contribution in [2.45, 2.75) is 30.7 Å². The molecule has 1 heterocycles. The van der Waals surface area contributed by atoms with Crippen LogP contribution in [-0.2, 0) is 9.59 Å². The number of aromatic nitrogens is 3. The van der Waals surface area contributed by atoms with Crippen molar-refractivity contribution in [3.8, 4) is 0 Å². The second-order valence-electron chi connectivity index (χ2n) is 3.00. The van der Waals surface area contributed by atoms with E-state index >= 15 is 0 Å². The van der Waals surface area contributed by atoms with Crippen LogP contribution in [0.2, 0.25) is 0 Å². The molecule has 0 aliphatic heterocycles. The first-order chi connectivity index (χ1) is 7.52. The maximum Gasteiger partial charge on any atom is 0.317 e. The third-order valence-electron chi connectivity index (χ3n) is 1.65. The van der Waals surface area contributed by atoms with Crippen molar-refractivity contribution >= 4 is 29.6 Å². The van der Waals surface area contributed by atoms with Crippen LogP contribution in [0, 0.1) is 0 Å². The fraction of sp³-hybridized carbons (Fsp3) is 0.500. The van der Waals surface area contributed by atoms with E-state index in [0.717, 1.165) is 11.8 Å². The highest BCUT2D eigenvalue weighted by Crippen LogP contribution is 2.22. The van der Waals surface area contributed by atoms with Crippen LogP contribution in [0.1, 0.15) is 20.3 Å². The summed E-state index contributed by atoms with van der Waals surface area (Å²) in [6.45, 7) is 3.12. The van der Waals surface area contributed by atoms with E-state index in [9.17, 15) is 9.59 Å². The minimum absolute atomic E-state index is 0.218. The van der Waals surface area contributed by atoms with Crippen LogP contribution in [-0.4, -0.2) is 37.4 Å². The van der Waals surface area contributed by atoms with E-state index in [1.54, 1.807) is 6.92 Å². The molecule has 1 aromatic heterocycles. The smallest absolute Gasteiger partial charge is 0.317 e. The molecule has 0 aliphatic carbocycles. The number of hydrogen-bond acceptors (Lipinski definition) is 5. The van der Waals surface area contributed by atoms with Gasteiger partial charge in [0.05, 0.1) is 0 Å². The number of anilines is 1. The first-order valence-electron chi connectivity index (χ1n) is 4.62. The van der Waals surface area contributed by atoms with Gasteiger partial charge in [0, 0.05) is 6.92 Å². The number of nitrogens with one attached hydrogen (secondary N) is 2. The number of carbonyl (C=O) groups excluding carboxylic acids is 1. The monoisotopic (exact) mass is 244 g/mol. The number of H-pyrrole nitrogens is 1. The topological polar surface area (TPSA) is 108 Å². The van der Waals surface area contributed by atoms with Gasteiger partial charge >= 0.3 is 5.97 Å². The predicted octanol–water partition coefficient (Wildman–Crippen LogP) is 0.718. The summed E-state index contributed by atoms with van der Waals surface area (Å²) in [6.07, 6.45) is 0.476. The normalized spacial score (nSPS) is 12.1. The highest BCUT2D eigenvalue weighted by Gasteiger charge is 2.19. The minimum Gasteiger partial charge on any atom is -0.480 e. The second-order valence-corrected chi connectivity index (χ2v) is 4.17. The van der Waals surface area contributed by atoms with Crippen molar-refractivity contribution < 1.29 is 14.7 Å². The lowest BCUT2D eigenvalue weighted by Crippen LogP contribution is -2.14. The van der Waals surface area contributed by atoms with Gasteiger partial charge in [-0.25, -0.2) is 5.10 Å². The van der Waals surface area contributed by atoms with Gasteiger partial charge in [0.25, 0.3) is 0 Å². The fourth-order valence-electron chi connectivity index (χ4n) is 0.957. The highest BCUT2D eigenvalue weighted by molar-refractivity contribution is 8.00. The number of thioether (sulfide) groups is 1. The lowest BCUT2D eigenvalue weighted by molar-refractivity contribution is -0.136. The van der Waals surface area contributed by atoms with Crippen LogP contribution in [0.4, 0.5) is 5.95 Å². The molecule has 0 radical (unpaired) electrons. The standard InChI is InChI=1S/C8H12N4O3S/c1-3-5(6(14)15)16-8-10-7(11-12-8)9-4(2)13/h5H,3H2,1-2H3,(H,14,15)(H2,9,10,11,12,13). The molecule has 1 rings (SSSR count). The maximum absolute atomic E-state index is 10.8. The number of aromatic amines is 1. The van der Waals surface area contributed by atoms with Crippen molar-refractivity contribution in [3.05, 3.63) is 0 Å². The van der Waals surface area contributed by atoms with E-state index in [-0.39, 0.29) is 11.9 Å². The van der Waals surface area contributed by atoms with Crippen molar-refractivity contribution in [3.63, 3.8) is 0 Å². The Morgan fingerprint density at radius 1 is 1.62 bits per heavy atom. The minimum atomic E-state index is -0.904. The number of carboxylic acids is 1. The molecule has 3 N–H and O–H groups in total. The summed E-state index contributed by atoms with van der Waals surface area (Å²) in [5.74, 6) is -0.952. The van der Waals surface area contributed by atoms with Gasteiger partial charge in [-0.3, -0.25) is 14.9 Å². The summed E-state index contributed by atoms with van der Waals surface area (Å²) in [7, 11) is 0. The van der Waals surface area contributed by atoms with Gasteiger partial charge in [-0.1, -0.05) is 18.7 Å². The Kier molecular flexibility index (Phi) is 4.29. The Hall–Kier alpha value is -1.57. The Morgan fingerprint density at radius 3 is 2.81 bits per heavy atom. The Morgan fingerprint density at radius 2 is 2.31 bits per heavy atom. The average molecular weight is 244 g/mol. The van der Waals surface area contributed by atoms with Crippen molar-refractivity contribution in [2.75, 3.05) is 5.32 Å². The molecule has 1 amide bonds. The molecule has 16 heavy (non-hydrogen) atoms. The summed E-state index contributed by atoms with van der Waals surface area (Å²) in [6, 6.07) is 0. The van der Waals surface area contributed by atoms with Gasteiger partial charge in [-0.2, -0.15) is 4.98 Å². The van der Waals surface area contributed by atoms with Crippen LogP contribution in [0.25, 0.3) is 0 Å². The molecule has 88 valence electrons. The molecule has 1 unspecified atom stereocenters. The zero-order chi connectivity index (χ0) is 12.1.